The van der Waals surface area contributed by atoms with Crippen molar-refractivity contribution in [1.82, 2.24) is 0 Å². The van der Waals surface area contributed by atoms with E-state index in [-0.39, 0.29) is 5.92 Å². The third-order valence-corrected chi connectivity index (χ3v) is 7.65. The number of ether oxygens (including phenoxy) is 2. The number of rotatable bonds is 10. The molecule has 0 bridgehead atoms. The highest BCUT2D eigenvalue weighted by Crippen LogP contribution is 2.37. The third kappa shape index (κ3) is 6.97. The second-order valence-electron chi connectivity index (χ2n) is 9.26. The number of halogens is 4. The maximum Gasteiger partial charge on any atom is 0.156 e. The average molecular weight is 590 g/mol. The van der Waals surface area contributed by atoms with E-state index in [1.165, 1.54) is 16.7 Å². The lowest BCUT2D eigenvalue weighted by Gasteiger charge is -2.18. The summed E-state index contributed by atoms with van der Waals surface area (Å²) in [5.41, 5.74) is 10.8. The fourth-order valence-corrected chi connectivity index (χ4v) is 5.89. The van der Waals surface area contributed by atoms with Gasteiger partial charge in [0.15, 0.2) is 5.75 Å². The van der Waals surface area contributed by atoms with E-state index < -0.39 is 0 Å². The Morgan fingerprint density at radius 2 is 1.37 bits per heavy atom. The average Bonchev–Trinajstić information content (AvgIpc) is 2.87. The molecule has 3 N–H and O–H groups in total. The van der Waals surface area contributed by atoms with Crippen molar-refractivity contribution in [2.75, 3.05) is 19.8 Å². The molecule has 0 heterocycles. The van der Waals surface area contributed by atoms with Crippen molar-refractivity contribution < 1.29 is 15.2 Å². The van der Waals surface area contributed by atoms with Gasteiger partial charge in [0.1, 0.15) is 19.0 Å². The standard InChI is InChI=1S/C31H29Cl4NO2/c1-19-14-28(34)31(29(35)15-19)38-13-12-37-24-9-6-21(7-10-24)17-23(18-36)25-11-8-22(16-20(25)2)30-26(32)4-3-5-27(30)33/h3-11,14-16,23H,12-13,17-18,36H2,1-2H3/p+1. The molecule has 0 saturated heterocycles. The van der Waals surface area contributed by atoms with Crippen LogP contribution in [0.15, 0.2) is 72.8 Å². The lowest BCUT2D eigenvalue weighted by Crippen LogP contribution is -2.53. The number of hydrogen-bond donors (Lipinski definition) is 1. The SMILES string of the molecule is Cc1cc(Cl)c(OCCOc2ccc(CC(C[NH3+])c3ccc(-c4c(Cl)cccc4Cl)cc3C)cc2)c(Cl)c1. The van der Waals surface area contributed by atoms with Crippen molar-refractivity contribution in [3.8, 4) is 22.6 Å². The van der Waals surface area contributed by atoms with Crippen LogP contribution in [0.2, 0.25) is 20.1 Å². The normalized spacial score (nSPS) is 11.9. The van der Waals surface area contributed by atoms with Crippen LogP contribution in [-0.4, -0.2) is 19.8 Å². The zero-order chi connectivity index (χ0) is 27.2. The van der Waals surface area contributed by atoms with Gasteiger partial charge in [0.05, 0.1) is 16.6 Å². The minimum absolute atomic E-state index is 0.287. The number of quaternary nitrogens is 1. The Labute approximate surface area is 244 Å². The Hall–Kier alpha value is -2.40. The summed E-state index contributed by atoms with van der Waals surface area (Å²) in [5, 5.41) is 2.29. The van der Waals surface area contributed by atoms with E-state index >= 15 is 0 Å². The van der Waals surface area contributed by atoms with Crippen LogP contribution in [0.3, 0.4) is 0 Å². The van der Waals surface area contributed by atoms with Crippen LogP contribution in [0.4, 0.5) is 0 Å². The molecule has 198 valence electrons. The summed E-state index contributed by atoms with van der Waals surface area (Å²) in [6.07, 6.45) is 0.879. The van der Waals surface area contributed by atoms with Gasteiger partial charge in [-0.15, -0.1) is 0 Å². The molecule has 0 radical (unpaired) electrons. The van der Waals surface area contributed by atoms with Crippen LogP contribution >= 0.6 is 46.4 Å². The molecule has 1 atom stereocenters. The summed E-state index contributed by atoms with van der Waals surface area (Å²) in [4.78, 5) is 0. The van der Waals surface area contributed by atoms with Crippen LogP contribution in [0.25, 0.3) is 11.1 Å². The second kappa shape index (κ2) is 13.1. The second-order valence-corrected chi connectivity index (χ2v) is 10.9. The number of aryl methyl sites for hydroxylation is 2. The molecule has 0 aromatic heterocycles. The fraction of sp³-hybridized carbons (Fsp3) is 0.226. The monoisotopic (exact) mass is 588 g/mol. The van der Waals surface area contributed by atoms with Crippen LogP contribution < -0.4 is 15.2 Å². The van der Waals surface area contributed by atoms with Crippen molar-refractivity contribution in [3.05, 3.63) is 115 Å². The van der Waals surface area contributed by atoms with E-state index in [4.69, 9.17) is 55.9 Å². The molecule has 1 unspecified atom stereocenters. The quantitative estimate of drug-likeness (QED) is 0.188. The lowest BCUT2D eigenvalue weighted by atomic mass is 9.87. The van der Waals surface area contributed by atoms with Crippen LogP contribution in [0.1, 0.15) is 28.2 Å². The van der Waals surface area contributed by atoms with E-state index in [2.05, 4.69) is 43.0 Å². The van der Waals surface area contributed by atoms with Crippen molar-refractivity contribution in [2.24, 2.45) is 0 Å². The molecule has 3 nitrogen and oxygen atoms in total. The minimum atomic E-state index is 0.287. The first kappa shape index (κ1) is 28.6. The van der Waals surface area contributed by atoms with Gasteiger partial charge in [0.2, 0.25) is 0 Å². The highest BCUT2D eigenvalue weighted by molar-refractivity contribution is 6.39. The van der Waals surface area contributed by atoms with Gasteiger partial charge < -0.3 is 15.2 Å². The maximum absolute atomic E-state index is 6.43. The van der Waals surface area contributed by atoms with E-state index in [9.17, 15) is 0 Å². The molecule has 4 rings (SSSR count). The van der Waals surface area contributed by atoms with Gasteiger partial charge in [-0.3, -0.25) is 0 Å². The fourth-order valence-electron chi connectivity index (χ4n) is 4.56. The first-order valence-corrected chi connectivity index (χ1v) is 13.9. The summed E-state index contributed by atoms with van der Waals surface area (Å²) in [6.45, 7) is 5.56. The molecular formula is C31H30Cl4NO2+. The first-order chi connectivity index (χ1) is 18.3. The molecule has 0 fully saturated rings. The minimum Gasteiger partial charge on any atom is -0.490 e. The zero-order valence-corrected chi connectivity index (χ0v) is 24.4. The summed E-state index contributed by atoms with van der Waals surface area (Å²) in [7, 11) is 0. The molecule has 0 spiro atoms. The Morgan fingerprint density at radius 3 is 1.97 bits per heavy atom. The van der Waals surface area contributed by atoms with Crippen LogP contribution in [0.5, 0.6) is 11.5 Å². The van der Waals surface area contributed by atoms with Crippen LogP contribution in [0, 0.1) is 13.8 Å². The molecule has 4 aromatic carbocycles. The molecule has 0 aliphatic carbocycles. The molecule has 4 aromatic rings. The molecule has 38 heavy (non-hydrogen) atoms. The predicted octanol–water partition coefficient (Wildman–Crippen LogP) is 8.61. The van der Waals surface area contributed by atoms with Crippen LogP contribution in [-0.2, 0) is 6.42 Å². The van der Waals surface area contributed by atoms with Crippen molar-refractivity contribution in [1.29, 1.82) is 0 Å². The molecule has 0 aliphatic rings. The summed E-state index contributed by atoms with van der Waals surface area (Å²) in [6, 6.07) is 23.8. The number of hydrogen-bond acceptors (Lipinski definition) is 2. The molecule has 7 heteroatoms. The Balaban J connectivity index is 1.36. The Bertz CT molecular complexity index is 1360. The largest absolute Gasteiger partial charge is 0.490 e. The Kier molecular flexibility index (Phi) is 9.86. The third-order valence-electron chi connectivity index (χ3n) is 6.46. The smallest absolute Gasteiger partial charge is 0.156 e. The van der Waals surface area contributed by atoms with Gasteiger partial charge in [0.25, 0.3) is 0 Å². The summed E-state index contributed by atoms with van der Waals surface area (Å²) < 4.78 is 11.6. The molecule has 0 aliphatic heterocycles. The van der Waals surface area contributed by atoms with Gasteiger partial charge in [-0.1, -0.05) is 82.8 Å². The van der Waals surface area contributed by atoms with Gasteiger partial charge in [-0.05, 0) is 84.5 Å². The van der Waals surface area contributed by atoms with Gasteiger partial charge in [-0.25, -0.2) is 0 Å². The molecule has 0 amide bonds. The topological polar surface area (TPSA) is 46.1 Å². The van der Waals surface area contributed by atoms with Crippen molar-refractivity contribution >= 4 is 46.4 Å². The predicted molar refractivity (Wildman–Crippen MR) is 159 cm³/mol. The maximum atomic E-state index is 6.43. The van der Waals surface area contributed by atoms with E-state index in [1.54, 1.807) is 0 Å². The molecule has 0 saturated carbocycles. The van der Waals surface area contributed by atoms with Gasteiger partial charge in [-0.2, -0.15) is 0 Å². The highest BCUT2D eigenvalue weighted by atomic mass is 35.5. The number of benzene rings is 4. The summed E-state index contributed by atoms with van der Waals surface area (Å²) >= 11 is 25.3. The zero-order valence-electron chi connectivity index (χ0n) is 21.4. The van der Waals surface area contributed by atoms with E-state index in [1.807, 2.05) is 49.4 Å². The van der Waals surface area contributed by atoms with E-state index in [0.29, 0.717) is 39.1 Å². The van der Waals surface area contributed by atoms with Crippen molar-refractivity contribution in [3.63, 3.8) is 0 Å². The van der Waals surface area contributed by atoms with Gasteiger partial charge in [0, 0.05) is 21.5 Å². The van der Waals surface area contributed by atoms with Gasteiger partial charge >= 0.3 is 0 Å². The first-order valence-electron chi connectivity index (χ1n) is 12.4. The Morgan fingerprint density at radius 1 is 0.737 bits per heavy atom. The summed E-state index contributed by atoms with van der Waals surface area (Å²) in [5.74, 6) is 1.55. The van der Waals surface area contributed by atoms with E-state index in [0.717, 1.165) is 35.4 Å². The molecular weight excluding hydrogens is 560 g/mol. The lowest BCUT2D eigenvalue weighted by molar-refractivity contribution is -0.372. The highest BCUT2D eigenvalue weighted by Gasteiger charge is 2.17. The van der Waals surface area contributed by atoms with Crippen molar-refractivity contribution in [2.45, 2.75) is 26.2 Å².